The van der Waals surface area contributed by atoms with Crippen molar-refractivity contribution in [3.63, 3.8) is 0 Å². The van der Waals surface area contributed by atoms with E-state index in [1.807, 2.05) is 12.1 Å². The van der Waals surface area contributed by atoms with Gasteiger partial charge in [-0.15, -0.1) is 0 Å². The fourth-order valence-corrected chi connectivity index (χ4v) is 6.31. The van der Waals surface area contributed by atoms with Crippen molar-refractivity contribution in [2.45, 2.75) is 38.1 Å². The van der Waals surface area contributed by atoms with Gasteiger partial charge in [-0.05, 0) is 91.2 Å². The van der Waals surface area contributed by atoms with Crippen LogP contribution in [0.25, 0.3) is 22.5 Å². The molecule has 240 valence electrons. The Kier molecular flexibility index (Phi) is 9.90. The number of carbonyl (C=O) groups is 2. The molecule has 0 bridgehead atoms. The van der Waals surface area contributed by atoms with Gasteiger partial charge in [0.15, 0.2) is 5.82 Å². The van der Waals surface area contributed by atoms with E-state index < -0.39 is 11.8 Å². The number of aromatic nitrogens is 2. The summed E-state index contributed by atoms with van der Waals surface area (Å²) < 4.78 is 4.58. The summed E-state index contributed by atoms with van der Waals surface area (Å²) in [5, 5.41) is 13.1. The van der Waals surface area contributed by atoms with E-state index in [-0.39, 0.29) is 17.7 Å². The molecule has 2 amide bonds. The average Bonchev–Trinajstić information content (AvgIpc) is 3.55. The van der Waals surface area contributed by atoms with Crippen molar-refractivity contribution in [2.24, 2.45) is 17.6 Å². The van der Waals surface area contributed by atoms with Gasteiger partial charge in [-0.25, -0.2) is 4.79 Å². The molecule has 0 spiro atoms. The zero-order valence-electron chi connectivity index (χ0n) is 25.8. The quantitative estimate of drug-likeness (QED) is 0.180. The largest absolute Gasteiger partial charge is 0.439 e. The summed E-state index contributed by atoms with van der Waals surface area (Å²) in [6.07, 6.45) is 3.74. The topological polar surface area (TPSA) is 158 Å². The Morgan fingerprint density at radius 3 is 2.13 bits per heavy atom. The molecule has 11 heteroatoms. The molecule has 1 aliphatic carbocycles. The van der Waals surface area contributed by atoms with Crippen LogP contribution in [0.5, 0.6) is 0 Å². The summed E-state index contributed by atoms with van der Waals surface area (Å²) in [6.45, 7) is 4.64. The predicted octanol–water partition coefficient (Wildman–Crippen LogP) is 3.54. The van der Waals surface area contributed by atoms with E-state index in [2.05, 4.69) is 71.9 Å². The first-order chi connectivity index (χ1) is 22.4. The van der Waals surface area contributed by atoms with E-state index in [4.69, 9.17) is 5.73 Å². The summed E-state index contributed by atoms with van der Waals surface area (Å²) in [6, 6.07) is 22.9. The van der Waals surface area contributed by atoms with Crippen LogP contribution in [0.1, 0.15) is 31.2 Å². The lowest BCUT2D eigenvalue weighted by Crippen LogP contribution is -2.48. The molecule has 1 saturated heterocycles. The van der Waals surface area contributed by atoms with E-state index in [1.54, 1.807) is 24.3 Å². The first-order valence-electron chi connectivity index (χ1n) is 16.1. The summed E-state index contributed by atoms with van der Waals surface area (Å²) in [5.74, 6) is -0.414. The van der Waals surface area contributed by atoms with E-state index in [0.717, 1.165) is 68.6 Å². The first kappa shape index (κ1) is 31.3. The monoisotopic (exact) mass is 623 g/mol. The highest BCUT2D eigenvalue weighted by molar-refractivity contribution is 5.97. The number of nitrogens with one attached hydrogen (secondary N) is 4. The highest BCUT2D eigenvalue weighted by atomic mass is 16.5. The highest BCUT2D eigenvalue weighted by Gasteiger charge is 2.29. The molecule has 6 N–H and O–H groups in total. The lowest BCUT2D eigenvalue weighted by Gasteiger charge is -2.29. The van der Waals surface area contributed by atoms with Crippen LogP contribution in [0, 0.1) is 11.8 Å². The number of piperazine rings is 1. The molecule has 1 aromatic heterocycles. The number of H-pyrrole nitrogens is 1. The van der Waals surface area contributed by atoms with Crippen molar-refractivity contribution < 1.29 is 14.1 Å². The van der Waals surface area contributed by atoms with Crippen molar-refractivity contribution in [1.29, 1.82) is 0 Å². The van der Waals surface area contributed by atoms with Crippen LogP contribution < -0.4 is 32.3 Å². The van der Waals surface area contributed by atoms with E-state index in [0.29, 0.717) is 36.0 Å². The Bertz CT molecular complexity index is 1650. The van der Waals surface area contributed by atoms with E-state index in [9.17, 15) is 14.4 Å². The van der Waals surface area contributed by atoms with Gasteiger partial charge in [-0.3, -0.25) is 19.1 Å². The molecule has 11 nitrogen and oxygen atoms in total. The van der Waals surface area contributed by atoms with Crippen LogP contribution in [-0.2, 0) is 16.0 Å². The molecule has 0 unspecified atom stereocenters. The minimum absolute atomic E-state index is 0.0952. The van der Waals surface area contributed by atoms with Gasteiger partial charge in [0, 0.05) is 55.5 Å². The maximum absolute atomic E-state index is 13.6. The molecule has 2 fully saturated rings. The Labute approximate surface area is 267 Å². The Morgan fingerprint density at radius 1 is 0.891 bits per heavy atom. The number of amides is 2. The molecule has 0 radical (unpaired) electrons. The van der Waals surface area contributed by atoms with Gasteiger partial charge in [-0.2, -0.15) is 0 Å². The number of hydrogen-bond donors (Lipinski definition) is 5. The number of aromatic amines is 1. The molecule has 2 heterocycles. The zero-order chi connectivity index (χ0) is 31.9. The predicted molar refractivity (Wildman–Crippen MR) is 178 cm³/mol. The summed E-state index contributed by atoms with van der Waals surface area (Å²) in [4.78, 5) is 43.2. The minimum atomic E-state index is -0.768. The third-order valence-electron chi connectivity index (χ3n) is 9.13. The highest BCUT2D eigenvalue weighted by Crippen LogP contribution is 2.29. The van der Waals surface area contributed by atoms with Crippen molar-refractivity contribution in [1.82, 2.24) is 20.8 Å². The molecule has 2 aliphatic rings. The second-order valence-corrected chi connectivity index (χ2v) is 12.2. The fourth-order valence-electron chi connectivity index (χ4n) is 6.31. The zero-order valence-corrected chi connectivity index (χ0v) is 25.8. The van der Waals surface area contributed by atoms with E-state index >= 15 is 0 Å². The van der Waals surface area contributed by atoms with Crippen LogP contribution in [0.4, 0.5) is 11.4 Å². The van der Waals surface area contributed by atoms with E-state index in [1.165, 1.54) is 5.69 Å². The summed E-state index contributed by atoms with van der Waals surface area (Å²) in [7, 11) is 0. The van der Waals surface area contributed by atoms with Gasteiger partial charge in [0.25, 0.3) is 0 Å². The maximum atomic E-state index is 13.6. The van der Waals surface area contributed by atoms with Gasteiger partial charge in [-0.1, -0.05) is 41.6 Å². The first-order valence-corrected chi connectivity index (χ1v) is 16.1. The molecule has 3 aromatic carbocycles. The number of rotatable bonds is 10. The van der Waals surface area contributed by atoms with Gasteiger partial charge >= 0.3 is 5.76 Å². The Hall–Kier alpha value is -4.74. The van der Waals surface area contributed by atoms with Gasteiger partial charge < -0.3 is 26.6 Å². The van der Waals surface area contributed by atoms with Crippen LogP contribution in [-0.4, -0.2) is 60.7 Å². The van der Waals surface area contributed by atoms with Crippen molar-refractivity contribution in [3.8, 4) is 22.5 Å². The Balaban J connectivity index is 1.14. The number of nitrogens with zero attached hydrogens (tertiary/aromatic N) is 2. The molecule has 4 aromatic rings. The van der Waals surface area contributed by atoms with Crippen LogP contribution in [0.3, 0.4) is 0 Å². The maximum Gasteiger partial charge on any atom is 0.439 e. The second-order valence-electron chi connectivity index (χ2n) is 12.2. The molecule has 1 atom stereocenters. The van der Waals surface area contributed by atoms with Gasteiger partial charge in [0.05, 0.1) is 0 Å². The van der Waals surface area contributed by atoms with Gasteiger partial charge in [0.1, 0.15) is 6.04 Å². The lowest BCUT2D eigenvalue weighted by molar-refractivity contribution is -0.130. The van der Waals surface area contributed by atoms with Crippen molar-refractivity contribution >= 4 is 23.2 Å². The number of hydrogen-bond acceptors (Lipinski definition) is 8. The lowest BCUT2D eigenvalue weighted by atomic mass is 9.81. The second kappa shape index (κ2) is 14.6. The number of nitrogens with two attached hydrogens (primary N) is 1. The third-order valence-corrected chi connectivity index (χ3v) is 9.13. The normalized spacial score (nSPS) is 18.9. The van der Waals surface area contributed by atoms with Gasteiger partial charge in [0.2, 0.25) is 11.8 Å². The number of carbonyl (C=O) groups excluding carboxylic acids is 2. The number of benzene rings is 3. The third kappa shape index (κ3) is 7.72. The van der Waals surface area contributed by atoms with Crippen LogP contribution in [0.2, 0.25) is 0 Å². The number of anilines is 2. The molecular formula is C35H41N7O4. The Morgan fingerprint density at radius 2 is 1.52 bits per heavy atom. The minimum Gasteiger partial charge on any atom is -0.369 e. The summed E-state index contributed by atoms with van der Waals surface area (Å²) in [5.41, 5.74) is 11.4. The standard InChI is InChI=1S/C35H41N7O4/c36-22-24-3-7-28(8-4-24)33(43)39-31(34(44)38-29-13-9-27(10-14-29)32-40-35(45)46-41-32)21-23-1-5-25(6-2-23)26-11-15-30(16-12-26)42-19-17-37-18-20-42/h1-2,5-6,9-16,24,28,31,37H,3-4,7-8,17-22,36H2,(H,38,44)(H,39,43)(H,40,41,45)/t24?,28?,31-/m0/s1. The molecular weight excluding hydrogens is 582 g/mol. The fraction of sp³-hybridized carbons (Fsp3) is 0.371. The molecule has 46 heavy (non-hydrogen) atoms. The van der Waals surface area contributed by atoms with Crippen molar-refractivity contribution in [2.75, 3.05) is 42.9 Å². The average molecular weight is 624 g/mol. The summed E-state index contributed by atoms with van der Waals surface area (Å²) >= 11 is 0. The molecule has 1 aliphatic heterocycles. The SMILES string of the molecule is NCC1CCC(C(=O)N[C@@H](Cc2ccc(-c3ccc(N4CCNCC4)cc3)cc2)C(=O)Nc2ccc(-c3noc(=O)[nH]3)cc2)CC1. The van der Waals surface area contributed by atoms with Crippen LogP contribution >= 0.6 is 0 Å². The molecule has 6 rings (SSSR count). The molecule has 1 saturated carbocycles. The van der Waals surface area contributed by atoms with Crippen LogP contribution in [0.15, 0.2) is 82.1 Å². The van der Waals surface area contributed by atoms with Crippen molar-refractivity contribution in [3.05, 3.63) is 88.9 Å². The smallest absolute Gasteiger partial charge is 0.369 e.